The number of nitrogens with one attached hydrogen (secondary N) is 1. The van der Waals surface area contributed by atoms with Crippen molar-refractivity contribution in [3.63, 3.8) is 0 Å². The van der Waals surface area contributed by atoms with Crippen molar-refractivity contribution in [1.82, 2.24) is 5.32 Å². The van der Waals surface area contributed by atoms with Crippen molar-refractivity contribution in [1.29, 1.82) is 0 Å². The zero-order chi connectivity index (χ0) is 17.6. The molecule has 6 nitrogen and oxygen atoms in total. The number of carbonyl (C=O) groups is 2. The minimum absolute atomic E-state index is 0.216. The van der Waals surface area contributed by atoms with Gasteiger partial charge in [-0.1, -0.05) is 47.6 Å². The number of hydrogen-bond donors (Lipinski definition) is 1. The van der Waals surface area contributed by atoms with Crippen LogP contribution in [-0.4, -0.2) is 30.8 Å². The van der Waals surface area contributed by atoms with Crippen LogP contribution in [0, 0.1) is 0 Å². The highest BCUT2D eigenvalue weighted by molar-refractivity contribution is 6.04. The van der Waals surface area contributed by atoms with E-state index in [1.165, 1.54) is 7.11 Å². The van der Waals surface area contributed by atoms with Crippen LogP contribution in [0.1, 0.15) is 27.9 Å². The van der Waals surface area contributed by atoms with Gasteiger partial charge < -0.3 is 14.9 Å². The Morgan fingerprint density at radius 1 is 1.16 bits per heavy atom. The molecule has 0 fully saturated rings. The van der Waals surface area contributed by atoms with E-state index < -0.39 is 6.10 Å². The second-order valence-corrected chi connectivity index (χ2v) is 5.61. The first-order valence-corrected chi connectivity index (χ1v) is 7.90. The molecule has 1 amide bonds. The minimum Gasteiger partial charge on any atom is -0.465 e. The SMILES string of the molecule is COC(=O)c1ccc(CNC(=O)C2CC(c3ccccc3)=NO2)cc1. The molecule has 0 radical (unpaired) electrons. The lowest BCUT2D eigenvalue weighted by molar-refractivity contribution is -0.131. The molecule has 0 saturated heterocycles. The summed E-state index contributed by atoms with van der Waals surface area (Å²) in [5, 5.41) is 6.83. The molecule has 128 valence electrons. The smallest absolute Gasteiger partial charge is 0.337 e. The van der Waals surface area contributed by atoms with Crippen molar-refractivity contribution in [2.24, 2.45) is 5.16 Å². The normalized spacial score (nSPS) is 15.9. The molecule has 1 N–H and O–H groups in total. The Morgan fingerprint density at radius 3 is 2.56 bits per heavy atom. The summed E-state index contributed by atoms with van der Waals surface area (Å²) in [6, 6.07) is 16.5. The maximum Gasteiger partial charge on any atom is 0.337 e. The number of ether oxygens (including phenoxy) is 1. The summed E-state index contributed by atoms with van der Waals surface area (Å²) in [7, 11) is 1.34. The quantitative estimate of drug-likeness (QED) is 0.849. The molecule has 0 aromatic heterocycles. The maximum atomic E-state index is 12.2. The first kappa shape index (κ1) is 16.7. The average Bonchev–Trinajstić information content (AvgIpc) is 3.17. The van der Waals surface area contributed by atoms with Gasteiger partial charge in [-0.2, -0.15) is 0 Å². The Kier molecular flexibility index (Phi) is 5.09. The molecule has 0 spiro atoms. The molecule has 1 unspecified atom stereocenters. The summed E-state index contributed by atoms with van der Waals surface area (Å²) in [5.74, 6) is -0.604. The lowest BCUT2D eigenvalue weighted by Gasteiger charge is -2.10. The maximum absolute atomic E-state index is 12.2. The summed E-state index contributed by atoms with van der Waals surface area (Å²) in [4.78, 5) is 28.9. The van der Waals surface area contributed by atoms with Crippen molar-refractivity contribution in [2.75, 3.05) is 7.11 Å². The standard InChI is InChI=1S/C19H18N2O4/c1-24-19(23)15-9-7-13(8-10-15)12-20-18(22)17-11-16(21-25-17)14-5-3-2-4-6-14/h2-10,17H,11-12H2,1H3,(H,20,22). The number of esters is 1. The van der Waals surface area contributed by atoms with E-state index in [-0.39, 0.29) is 11.9 Å². The van der Waals surface area contributed by atoms with Gasteiger partial charge in [-0.25, -0.2) is 4.79 Å². The third-order valence-corrected chi connectivity index (χ3v) is 3.91. The Bertz CT molecular complexity index is 785. The molecular formula is C19H18N2O4. The fraction of sp³-hybridized carbons (Fsp3) is 0.211. The molecule has 0 saturated carbocycles. The van der Waals surface area contributed by atoms with Gasteiger partial charge in [-0.15, -0.1) is 0 Å². The van der Waals surface area contributed by atoms with Gasteiger partial charge >= 0.3 is 5.97 Å². The summed E-state index contributed by atoms with van der Waals surface area (Å²) in [5.41, 5.74) is 3.07. The number of methoxy groups -OCH3 is 1. The molecule has 25 heavy (non-hydrogen) atoms. The number of nitrogens with zero attached hydrogens (tertiary/aromatic N) is 1. The highest BCUT2D eigenvalue weighted by Gasteiger charge is 2.28. The monoisotopic (exact) mass is 338 g/mol. The van der Waals surface area contributed by atoms with Gasteiger partial charge in [0.2, 0.25) is 6.10 Å². The van der Waals surface area contributed by atoms with E-state index in [9.17, 15) is 9.59 Å². The molecule has 6 heteroatoms. The molecule has 0 bridgehead atoms. The van der Waals surface area contributed by atoms with Crippen LogP contribution >= 0.6 is 0 Å². The summed E-state index contributed by atoms with van der Waals surface area (Å²) < 4.78 is 4.65. The van der Waals surface area contributed by atoms with E-state index in [4.69, 9.17) is 4.84 Å². The topological polar surface area (TPSA) is 77.0 Å². The third-order valence-electron chi connectivity index (χ3n) is 3.91. The molecule has 0 aliphatic carbocycles. The number of rotatable bonds is 5. The van der Waals surface area contributed by atoms with Crippen LogP contribution in [0.5, 0.6) is 0 Å². The van der Waals surface area contributed by atoms with Gasteiger partial charge in [0.1, 0.15) is 0 Å². The lowest BCUT2D eigenvalue weighted by Crippen LogP contribution is -2.34. The van der Waals surface area contributed by atoms with E-state index in [1.807, 2.05) is 30.3 Å². The predicted molar refractivity (Wildman–Crippen MR) is 92.1 cm³/mol. The molecule has 2 aromatic carbocycles. The van der Waals surface area contributed by atoms with E-state index in [1.54, 1.807) is 24.3 Å². The Balaban J connectivity index is 1.51. The number of oxime groups is 1. The van der Waals surface area contributed by atoms with Crippen LogP contribution in [0.3, 0.4) is 0 Å². The third kappa shape index (κ3) is 4.03. The second-order valence-electron chi connectivity index (χ2n) is 5.61. The fourth-order valence-corrected chi connectivity index (χ4v) is 2.50. The van der Waals surface area contributed by atoms with Crippen molar-refractivity contribution in [3.05, 3.63) is 71.3 Å². The highest BCUT2D eigenvalue weighted by atomic mass is 16.6. The second kappa shape index (κ2) is 7.61. The molecule has 1 heterocycles. The summed E-state index contributed by atoms with van der Waals surface area (Å²) in [6.07, 6.45) is -0.179. The molecule has 3 rings (SSSR count). The molecule has 1 aliphatic rings. The Morgan fingerprint density at radius 2 is 1.88 bits per heavy atom. The van der Waals surface area contributed by atoms with Gasteiger partial charge in [-0.05, 0) is 23.3 Å². The first-order chi connectivity index (χ1) is 12.2. The van der Waals surface area contributed by atoms with Gasteiger partial charge in [0.25, 0.3) is 5.91 Å². The zero-order valence-corrected chi connectivity index (χ0v) is 13.8. The van der Waals surface area contributed by atoms with Gasteiger partial charge in [0.15, 0.2) is 0 Å². The van der Waals surface area contributed by atoms with Gasteiger partial charge in [-0.3, -0.25) is 4.79 Å². The van der Waals surface area contributed by atoms with Crippen LogP contribution in [0.25, 0.3) is 0 Å². The highest BCUT2D eigenvalue weighted by Crippen LogP contribution is 2.17. The van der Waals surface area contributed by atoms with E-state index in [2.05, 4.69) is 15.2 Å². The lowest BCUT2D eigenvalue weighted by atomic mass is 10.0. The van der Waals surface area contributed by atoms with Crippen molar-refractivity contribution in [3.8, 4) is 0 Å². The summed E-state index contributed by atoms with van der Waals surface area (Å²) >= 11 is 0. The van der Waals surface area contributed by atoms with Crippen LogP contribution in [0.15, 0.2) is 59.8 Å². The largest absolute Gasteiger partial charge is 0.465 e. The van der Waals surface area contributed by atoms with E-state index >= 15 is 0 Å². The number of carbonyl (C=O) groups excluding carboxylic acids is 2. The van der Waals surface area contributed by atoms with Crippen LogP contribution in [-0.2, 0) is 20.9 Å². The van der Waals surface area contributed by atoms with Crippen LogP contribution in [0.2, 0.25) is 0 Å². The first-order valence-electron chi connectivity index (χ1n) is 7.90. The zero-order valence-electron chi connectivity index (χ0n) is 13.8. The molecule has 1 atom stereocenters. The molecular weight excluding hydrogens is 320 g/mol. The van der Waals surface area contributed by atoms with Crippen molar-refractivity contribution in [2.45, 2.75) is 19.1 Å². The number of hydrogen-bond acceptors (Lipinski definition) is 5. The van der Waals surface area contributed by atoms with Gasteiger partial charge in [0, 0.05) is 13.0 Å². The number of benzene rings is 2. The van der Waals surface area contributed by atoms with Crippen molar-refractivity contribution >= 4 is 17.6 Å². The minimum atomic E-state index is -0.621. The fourth-order valence-electron chi connectivity index (χ4n) is 2.50. The summed E-state index contributed by atoms with van der Waals surface area (Å²) in [6.45, 7) is 0.348. The molecule has 2 aromatic rings. The van der Waals surface area contributed by atoms with Gasteiger partial charge in [0.05, 0.1) is 18.4 Å². The van der Waals surface area contributed by atoms with E-state index in [0.29, 0.717) is 18.5 Å². The average molecular weight is 338 g/mol. The Hall–Kier alpha value is -3.15. The number of amides is 1. The molecule has 1 aliphatic heterocycles. The van der Waals surface area contributed by atoms with E-state index in [0.717, 1.165) is 16.8 Å². The van der Waals surface area contributed by atoms with Crippen molar-refractivity contribution < 1.29 is 19.2 Å². The predicted octanol–water partition coefficient (Wildman–Crippen LogP) is 2.28. The Labute approximate surface area is 145 Å². The van der Waals surface area contributed by atoms with Crippen LogP contribution < -0.4 is 5.32 Å². The van der Waals surface area contributed by atoms with Crippen LogP contribution in [0.4, 0.5) is 0 Å².